The first-order chi connectivity index (χ1) is 8.73. The van der Waals surface area contributed by atoms with Crippen molar-refractivity contribution in [1.29, 1.82) is 0 Å². The van der Waals surface area contributed by atoms with Gasteiger partial charge >= 0.3 is 6.36 Å². The highest BCUT2D eigenvalue weighted by atomic mass is 19.4. The van der Waals surface area contributed by atoms with Gasteiger partial charge in [-0.25, -0.2) is 0 Å². The number of hydrogen-bond donors (Lipinski definition) is 1. The number of anilines is 1. The Morgan fingerprint density at radius 1 is 1.21 bits per heavy atom. The monoisotopic (exact) mass is 273 g/mol. The van der Waals surface area contributed by atoms with Crippen molar-refractivity contribution in [2.45, 2.75) is 45.5 Å². The maximum absolute atomic E-state index is 12.0. The van der Waals surface area contributed by atoms with Crippen molar-refractivity contribution in [3.05, 3.63) is 24.3 Å². The zero-order valence-corrected chi connectivity index (χ0v) is 11.1. The first kappa shape index (κ1) is 14.0. The molecule has 0 bridgehead atoms. The van der Waals surface area contributed by atoms with E-state index in [1.165, 1.54) is 18.6 Å². The molecule has 1 aliphatic rings. The lowest BCUT2D eigenvalue weighted by atomic mass is 9.92. The summed E-state index contributed by atoms with van der Waals surface area (Å²) in [5.41, 5.74) is 1.18. The van der Waals surface area contributed by atoms with E-state index in [0.29, 0.717) is 11.5 Å². The molecule has 0 saturated heterocycles. The molecule has 2 rings (SSSR count). The van der Waals surface area contributed by atoms with Crippen LogP contribution in [0.2, 0.25) is 0 Å². The summed E-state index contributed by atoms with van der Waals surface area (Å²) in [6, 6.07) is 6.29. The maximum atomic E-state index is 12.0. The standard InChI is InChI=1S/C14H18F3NO/c1-13(2)8-7-11(9-13)18-10-3-5-12(6-4-10)19-14(15,16)17/h3-6,11,18H,7-9H2,1-2H3. The van der Waals surface area contributed by atoms with Crippen molar-refractivity contribution in [3.63, 3.8) is 0 Å². The summed E-state index contributed by atoms with van der Waals surface area (Å²) >= 11 is 0. The second-order valence-electron chi connectivity index (χ2n) is 5.82. The molecule has 1 aliphatic carbocycles. The molecule has 0 amide bonds. The van der Waals surface area contributed by atoms with Gasteiger partial charge < -0.3 is 10.1 Å². The fourth-order valence-electron chi connectivity index (χ4n) is 2.55. The fourth-order valence-corrected chi connectivity index (χ4v) is 2.55. The third-order valence-electron chi connectivity index (χ3n) is 3.43. The van der Waals surface area contributed by atoms with Crippen molar-refractivity contribution in [3.8, 4) is 5.75 Å². The Morgan fingerprint density at radius 3 is 2.32 bits per heavy atom. The lowest BCUT2D eigenvalue weighted by Gasteiger charge is -2.18. The average Bonchev–Trinajstić information content (AvgIpc) is 2.59. The van der Waals surface area contributed by atoms with Crippen LogP contribution in [0.3, 0.4) is 0 Å². The molecule has 19 heavy (non-hydrogen) atoms. The quantitative estimate of drug-likeness (QED) is 0.870. The maximum Gasteiger partial charge on any atom is 0.573 e. The molecule has 0 aromatic heterocycles. The summed E-state index contributed by atoms with van der Waals surface area (Å²) in [6.07, 6.45) is -1.30. The van der Waals surface area contributed by atoms with Crippen LogP contribution in [-0.2, 0) is 0 Å². The van der Waals surface area contributed by atoms with Crippen LogP contribution in [0.25, 0.3) is 0 Å². The van der Waals surface area contributed by atoms with E-state index in [-0.39, 0.29) is 5.75 Å². The van der Waals surface area contributed by atoms with Gasteiger partial charge in [0.1, 0.15) is 5.75 Å². The highest BCUT2D eigenvalue weighted by molar-refractivity contribution is 5.47. The molecule has 1 fully saturated rings. The first-order valence-corrected chi connectivity index (χ1v) is 6.36. The number of nitrogens with one attached hydrogen (secondary N) is 1. The SMILES string of the molecule is CC1(C)CCC(Nc2ccc(OC(F)(F)F)cc2)C1. The average molecular weight is 273 g/mol. The molecule has 2 nitrogen and oxygen atoms in total. The largest absolute Gasteiger partial charge is 0.573 e. The van der Waals surface area contributed by atoms with Crippen molar-refractivity contribution >= 4 is 5.69 Å². The highest BCUT2D eigenvalue weighted by Gasteiger charge is 2.32. The predicted octanol–water partition coefficient (Wildman–Crippen LogP) is 4.58. The van der Waals surface area contributed by atoms with Crippen molar-refractivity contribution < 1.29 is 17.9 Å². The Balaban J connectivity index is 1.92. The van der Waals surface area contributed by atoms with Crippen LogP contribution in [-0.4, -0.2) is 12.4 Å². The summed E-state index contributed by atoms with van der Waals surface area (Å²) < 4.78 is 39.9. The Kier molecular flexibility index (Phi) is 3.65. The van der Waals surface area contributed by atoms with Crippen LogP contribution in [0.15, 0.2) is 24.3 Å². The smallest absolute Gasteiger partial charge is 0.406 e. The van der Waals surface area contributed by atoms with Crippen LogP contribution in [0.4, 0.5) is 18.9 Å². The third kappa shape index (κ3) is 4.33. The molecule has 106 valence electrons. The highest BCUT2D eigenvalue weighted by Crippen LogP contribution is 2.38. The summed E-state index contributed by atoms with van der Waals surface area (Å²) in [5.74, 6) is -0.190. The minimum Gasteiger partial charge on any atom is -0.406 e. The van der Waals surface area contributed by atoms with Gasteiger partial charge in [-0.15, -0.1) is 13.2 Å². The van der Waals surface area contributed by atoms with E-state index in [0.717, 1.165) is 18.5 Å². The summed E-state index contributed by atoms with van der Waals surface area (Å²) in [4.78, 5) is 0. The Bertz CT molecular complexity index is 425. The summed E-state index contributed by atoms with van der Waals surface area (Å²) in [7, 11) is 0. The topological polar surface area (TPSA) is 21.3 Å². The molecule has 0 heterocycles. The van der Waals surface area contributed by atoms with Crippen LogP contribution in [0, 0.1) is 5.41 Å². The van der Waals surface area contributed by atoms with E-state index in [1.54, 1.807) is 12.1 Å². The zero-order valence-electron chi connectivity index (χ0n) is 11.1. The molecular weight excluding hydrogens is 255 g/mol. The molecule has 1 aromatic carbocycles. The van der Waals surface area contributed by atoms with Gasteiger partial charge in [0.25, 0.3) is 0 Å². The molecule has 1 saturated carbocycles. The van der Waals surface area contributed by atoms with Crippen molar-refractivity contribution in [2.75, 3.05) is 5.32 Å². The van der Waals surface area contributed by atoms with Gasteiger partial charge in [-0.2, -0.15) is 0 Å². The van der Waals surface area contributed by atoms with Crippen LogP contribution in [0.1, 0.15) is 33.1 Å². The molecule has 1 aromatic rings. The Morgan fingerprint density at radius 2 is 1.84 bits per heavy atom. The van der Waals surface area contributed by atoms with Gasteiger partial charge in [-0.1, -0.05) is 13.8 Å². The minimum atomic E-state index is -4.63. The summed E-state index contributed by atoms with van der Waals surface area (Å²) in [6.45, 7) is 4.46. The van der Waals surface area contributed by atoms with Gasteiger partial charge in [0.15, 0.2) is 0 Å². The second kappa shape index (κ2) is 4.94. The van der Waals surface area contributed by atoms with E-state index in [4.69, 9.17) is 0 Å². The van der Waals surface area contributed by atoms with Gasteiger partial charge in [-0.3, -0.25) is 0 Å². The van der Waals surface area contributed by atoms with Crippen molar-refractivity contribution in [2.24, 2.45) is 5.41 Å². The van der Waals surface area contributed by atoms with Crippen molar-refractivity contribution in [1.82, 2.24) is 0 Å². The molecule has 5 heteroatoms. The van der Waals surface area contributed by atoms with Gasteiger partial charge in [-0.05, 0) is 48.9 Å². The fraction of sp³-hybridized carbons (Fsp3) is 0.571. The van der Waals surface area contributed by atoms with E-state index in [1.807, 2.05) is 0 Å². The molecular formula is C14H18F3NO. The number of hydrogen-bond acceptors (Lipinski definition) is 2. The zero-order chi connectivity index (χ0) is 14.1. The molecule has 0 aliphatic heterocycles. The lowest BCUT2D eigenvalue weighted by Crippen LogP contribution is -2.18. The number of rotatable bonds is 3. The molecule has 1 unspecified atom stereocenters. The Hall–Kier alpha value is -1.39. The van der Waals surface area contributed by atoms with E-state index >= 15 is 0 Å². The van der Waals surface area contributed by atoms with Crippen LogP contribution >= 0.6 is 0 Å². The van der Waals surface area contributed by atoms with Gasteiger partial charge in [0, 0.05) is 11.7 Å². The van der Waals surface area contributed by atoms with Crippen LogP contribution in [0.5, 0.6) is 5.75 Å². The predicted molar refractivity (Wildman–Crippen MR) is 68.2 cm³/mol. The van der Waals surface area contributed by atoms with Gasteiger partial charge in [0.2, 0.25) is 0 Å². The molecule has 0 spiro atoms. The first-order valence-electron chi connectivity index (χ1n) is 6.36. The lowest BCUT2D eigenvalue weighted by molar-refractivity contribution is -0.274. The number of alkyl halides is 3. The summed E-state index contributed by atoms with van der Waals surface area (Å²) in [5, 5.41) is 3.35. The van der Waals surface area contributed by atoms with Crippen LogP contribution < -0.4 is 10.1 Å². The van der Waals surface area contributed by atoms with E-state index in [2.05, 4.69) is 23.9 Å². The minimum absolute atomic E-state index is 0.190. The number of benzene rings is 1. The number of ether oxygens (including phenoxy) is 1. The molecule has 1 atom stereocenters. The number of halogens is 3. The third-order valence-corrected chi connectivity index (χ3v) is 3.43. The second-order valence-corrected chi connectivity index (χ2v) is 5.82. The van der Waals surface area contributed by atoms with E-state index < -0.39 is 6.36 Å². The van der Waals surface area contributed by atoms with E-state index in [9.17, 15) is 13.2 Å². The van der Waals surface area contributed by atoms with Gasteiger partial charge in [0.05, 0.1) is 0 Å². The Labute approximate surface area is 111 Å². The molecule has 1 N–H and O–H groups in total. The normalized spacial score (nSPS) is 22.3. The molecule has 0 radical (unpaired) electrons.